The first-order valence-corrected chi connectivity index (χ1v) is 6.62. The maximum absolute atomic E-state index is 11.6. The number of rotatable bonds is 8. The molecule has 1 unspecified atom stereocenters. The van der Waals surface area contributed by atoms with Crippen LogP contribution in [0.5, 0.6) is 0 Å². The molecule has 5 N–H and O–H groups in total. The Morgan fingerprint density at radius 2 is 2.00 bits per heavy atom. The van der Waals surface area contributed by atoms with Gasteiger partial charge in [0.1, 0.15) is 12.6 Å². The van der Waals surface area contributed by atoms with Crippen LogP contribution in [-0.2, 0) is 19.1 Å². The molecule has 2 amide bonds. The van der Waals surface area contributed by atoms with Crippen LogP contribution in [0.3, 0.4) is 0 Å². The van der Waals surface area contributed by atoms with Crippen LogP contribution in [0.25, 0.3) is 0 Å². The van der Waals surface area contributed by atoms with Gasteiger partial charge in [0, 0.05) is 6.42 Å². The zero-order valence-corrected chi connectivity index (χ0v) is 11.3. The Balaban J connectivity index is 2.29. The number of nitrogens with two attached hydrogens (primary N) is 1. The molecule has 0 radical (unpaired) electrons. The first kappa shape index (κ1) is 16.4. The molecule has 0 aliphatic carbocycles. The number of hydrogen-bond acceptors (Lipinski definition) is 5. The highest BCUT2D eigenvalue weighted by Gasteiger charge is 2.21. The van der Waals surface area contributed by atoms with Crippen LogP contribution in [0.2, 0.25) is 0 Å². The molecule has 20 heavy (non-hydrogen) atoms. The third-order valence-electron chi connectivity index (χ3n) is 3.05. The fraction of sp³-hybridized carbons (Fsp3) is 0.750. The van der Waals surface area contributed by atoms with Gasteiger partial charge < -0.3 is 26.2 Å². The van der Waals surface area contributed by atoms with Crippen molar-refractivity contribution in [3.8, 4) is 0 Å². The molecule has 114 valence electrons. The summed E-state index contributed by atoms with van der Waals surface area (Å²) in [5, 5.41) is 14.4. The van der Waals surface area contributed by atoms with Crippen LogP contribution >= 0.6 is 0 Å². The molecule has 0 saturated carbocycles. The van der Waals surface area contributed by atoms with Gasteiger partial charge in [0.2, 0.25) is 11.8 Å². The molecule has 1 aliphatic rings. The number of primary amides is 1. The van der Waals surface area contributed by atoms with E-state index < -0.39 is 23.8 Å². The van der Waals surface area contributed by atoms with Crippen LogP contribution in [0.1, 0.15) is 25.7 Å². The van der Waals surface area contributed by atoms with E-state index in [2.05, 4.69) is 10.6 Å². The van der Waals surface area contributed by atoms with Gasteiger partial charge in [0.25, 0.3) is 0 Å². The van der Waals surface area contributed by atoms with Gasteiger partial charge in [-0.25, -0.2) is 4.79 Å². The second-order valence-corrected chi connectivity index (χ2v) is 4.72. The van der Waals surface area contributed by atoms with Crippen LogP contribution in [0.4, 0.5) is 0 Å². The molecule has 1 heterocycles. The summed E-state index contributed by atoms with van der Waals surface area (Å²) >= 11 is 0. The fourth-order valence-corrected chi connectivity index (χ4v) is 1.94. The fourth-order valence-electron chi connectivity index (χ4n) is 1.94. The van der Waals surface area contributed by atoms with Crippen LogP contribution in [-0.4, -0.2) is 54.7 Å². The van der Waals surface area contributed by atoms with Gasteiger partial charge in [-0.05, 0) is 32.4 Å². The lowest BCUT2D eigenvalue weighted by molar-refractivity contribution is -0.143. The normalized spacial score (nSPS) is 17.4. The van der Waals surface area contributed by atoms with Crippen molar-refractivity contribution in [3.05, 3.63) is 0 Å². The quantitative estimate of drug-likeness (QED) is 0.434. The molecule has 8 nitrogen and oxygen atoms in total. The maximum Gasteiger partial charge on any atom is 0.326 e. The summed E-state index contributed by atoms with van der Waals surface area (Å²) in [6.07, 6.45) is 1.57. The van der Waals surface area contributed by atoms with Gasteiger partial charge >= 0.3 is 5.97 Å². The Labute approximate surface area is 117 Å². The second-order valence-electron chi connectivity index (χ2n) is 4.72. The number of carbonyl (C=O) groups excluding carboxylic acids is 2. The molecule has 1 saturated heterocycles. The lowest BCUT2D eigenvalue weighted by Gasteiger charge is -2.23. The Bertz CT molecular complexity index is 355. The summed E-state index contributed by atoms with van der Waals surface area (Å²) in [5.74, 6) is -2.29. The van der Waals surface area contributed by atoms with Crippen LogP contribution < -0.4 is 16.4 Å². The smallest absolute Gasteiger partial charge is 0.326 e. The van der Waals surface area contributed by atoms with E-state index in [9.17, 15) is 14.4 Å². The van der Waals surface area contributed by atoms with E-state index in [-0.39, 0.29) is 25.6 Å². The Kier molecular flexibility index (Phi) is 6.96. The minimum absolute atomic E-state index is 0.0240. The van der Waals surface area contributed by atoms with E-state index >= 15 is 0 Å². The summed E-state index contributed by atoms with van der Waals surface area (Å²) in [6, 6.07) is -1.12. The Morgan fingerprint density at radius 1 is 1.35 bits per heavy atom. The summed E-state index contributed by atoms with van der Waals surface area (Å²) in [7, 11) is 0. The molecule has 0 aromatic rings. The summed E-state index contributed by atoms with van der Waals surface area (Å²) in [6.45, 7) is 1.52. The monoisotopic (exact) mass is 287 g/mol. The van der Waals surface area contributed by atoms with Gasteiger partial charge in [-0.15, -0.1) is 0 Å². The predicted octanol–water partition coefficient (Wildman–Crippen LogP) is -1.41. The second kappa shape index (κ2) is 8.49. The average molecular weight is 287 g/mol. The van der Waals surface area contributed by atoms with Gasteiger partial charge in [-0.2, -0.15) is 0 Å². The summed E-state index contributed by atoms with van der Waals surface area (Å²) < 4.78 is 5.41. The number of ether oxygens (including phenoxy) is 1. The van der Waals surface area contributed by atoms with Crippen molar-refractivity contribution in [1.82, 2.24) is 10.6 Å². The third kappa shape index (κ3) is 6.48. The van der Waals surface area contributed by atoms with Gasteiger partial charge in [-0.3, -0.25) is 9.59 Å². The zero-order valence-electron chi connectivity index (χ0n) is 11.3. The molecule has 1 fully saturated rings. The van der Waals surface area contributed by atoms with Crippen molar-refractivity contribution in [2.45, 2.75) is 37.8 Å². The Hall–Kier alpha value is -1.67. The molecule has 0 bridgehead atoms. The van der Waals surface area contributed by atoms with E-state index in [4.69, 9.17) is 15.6 Å². The lowest BCUT2D eigenvalue weighted by Crippen LogP contribution is -2.44. The van der Waals surface area contributed by atoms with E-state index in [0.717, 1.165) is 25.9 Å². The summed E-state index contributed by atoms with van der Waals surface area (Å²) in [5.41, 5.74) is 4.95. The number of piperidine rings is 1. The molecule has 1 rings (SSSR count). The minimum atomic E-state index is -1.19. The molecule has 0 aromatic heterocycles. The zero-order chi connectivity index (χ0) is 15.0. The van der Waals surface area contributed by atoms with Crippen molar-refractivity contribution in [2.75, 3.05) is 19.7 Å². The lowest BCUT2D eigenvalue weighted by atomic mass is 10.1. The first-order valence-electron chi connectivity index (χ1n) is 6.62. The van der Waals surface area contributed by atoms with Crippen molar-refractivity contribution in [2.24, 2.45) is 5.73 Å². The molecule has 0 aromatic carbocycles. The number of carbonyl (C=O) groups is 3. The average Bonchev–Trinajstić information content (AvgIpc) is 2.41. The maximum atomic E-state index is 11.6. The third-order valence-corrected chi connectivity index (χ3v) is 3.05. The predicted molar refractivity (Wildman–Crippen MR) is 69.8 cm³/mol. The molecular weight excluding hydrogens is 266 g/mol. The van der Waals surface area contributed by atoms with Crippen molar-refractivity contribution in [3.63, 3.8) is 0 Å². The number of hydrogen-bond donors (Lipinski definition) is 4. The molecule has 8 heteroatoms. The number of nitrogens with one attached hydrogen (secondary N) is 2. The van der Waals surface area contributed by atoms with Crippen LogP contribution in [0, 0.1) is 0 Å². The number of carboxylic acids is 1. The van der Waals surface area contributed by atoms with Crippen molar-refractivity contribution < 1.29 is 24.2 Å². The number of aliphatic carboxylic acids is 1. The van der Waals surface area contributed by atoms with Crippen molar-refractivity contribution >= 4 is 17.8 Å². The van der Waals surface area contributed by atoms with E-state index in [1.165, 1.54) is 0 Å². The molecule has 1 atom stereocenters. The SMILES string of the molecule is NC(=O)CCC(NC(=O)COC1CCNCC1)C(=O)O. The van der Waals surface area contributed by atoms with Gasteiger partial charge in [0.05, 0.1) is 6.10 Å². The number of amides is 2. The molecular formula is C12H21N3O5. The molecule has 1 aliphatic heterocycles. The van der Waals surface area contributed by atoms with Crippen LogP contribution in [0.15, 0.2) is 0 Å². The highest BCUT2D eigenvalue weighted by atomic mass is 16.5. The topological polar surface area (TPSA) is 131 Å². The van der Waals surface area contributed by atoms with Crippen molar-refractivity contribution in [1.29, 1.82) is 0 Å². The Morgan fingerprint density at radius 3 is 2.55 bits per heavy atom. The van der Waals surface area contributed by atoms with Gasteiger partial charge in [-0.1, -0.05) is 0 Å². The summed E-state index contributed by atoms with van der Waals surface area (Å²) in [4.78, 5) is 33.2. The highest BCUT2D eigenvalue weighted by molar-refractivity contribution is 5.84. The minimum Gasteiger partial charge on any atom is -0.480 e. The van der Waals surface area contributed by atoms with Gasteiger partial charge in [0.15, 0.2) is 0 Å². The highest BCUT2D eigenvalue weighted by Crippen LogP contribution is 2.06. The molecule has 0 spiro atoms. The van der Waals surface area contributed by atoms with E-state index in [0.29, 0.717) is 0 Å². The van der Waals surface area contributed by atoms with E-state index in [1.54, 1.807) is 0 Å². The largest absolute Gasteiger partial charge is 0.480 e. The van der Waals surface area contributed by atoms with E-state index in [1.807, 2.05) is 0 Å². The number of carboxylic acid groups (broad SMARTS) is 1. The standard InChI is InChI=1S/C12H21N3O5/c13-10(16)2-1-9(12(18)19)15-11(17)7-20-8-3-5-14-6-4-8/h8-9,14H,1-7H2,(H2,13,16)(H,15,17)(H,18,19). The first-order chi connectivity index (χ1) is 9.49.